The van der Waals surface area contributed by atoms with Crippen LogP contribution in [0.25, 0.3) is 0 Å². The van der Waals surface area contributed by atoms with Gasteiger partial charge in [0.1, 0.15) is 0 Å². The fraction of sp³-hybridized carbons (Fsp3) is 0.667. The predicted octanol–water partition coefficient (Wildman–Crippen LogP) is 1.41. The Morgan fingerprint density at radius 3 is 2.33 bits per heavy atom. The fourth-order valence-corrected chi connectivity index (χ4v) is 0.824. The highest BCUT2D eigenvalue weighted by molar-refractivity contribution is 5.88. The lowest BCUT2D eigenvalue weighted by Gasteiger charge is -2.09. The molecule has 0 amide bonds. The lowest BCUT2D eigenvalue weighted by Crippen LogP contribution is -2.11. The second kappa shape index (κ2) is 5.63. The second-order valence-corrected chi connectivity index (χ2v) is 2.69. The SMILES string of the molecule is CCOC(=O)/C(=C\N(C)C)CC. The molecule has 70 valence electrons. The van der Waals surface area contributed by atoms with Gasteiger partial charge in [-0.15, -0.1) is 0 Å². The first kappa shape index (κ1) is 11.0. The third-order valence-corrected chi connectivity index (χ3v) is 1.33. The topological polar surface area (TPSA) is 29.5 Å². The molecule has 0 spiro atoms. The van der Waals surface area contributed by atoms with Gasteiger partial charge in [-0.25, -0.2) is 4.79 Å². The fourth-order valence-electron chi connectivity index (χ4n) is 0.824. The summed E-state index contributed by atoms with van der Waals surface area (Å²) < 4.78 is 4.86. The van der Waals surface area contributed by atoms with Crippen LogP contribution in [0.5, 0.6) is 0 Å². The van der Waals surface area contributed by atoms with Gasteiger partial charge in [0, 0.05) is 20.3 Å². The Morgan fingerprint density at radius 1 is 1.42 bits per heavy atom. The van der Waals surface area contributed by atoms with Crippen molar-refractivity contribution in [3.63, 3.8) is 0 Å². The summed E-state index contributed by atoms with van der Waals surface area (Å²) in [6, 6.07) is 0. The van der Waals surface area contributed by atoms with E-state index in [4.69, 9.17) is 4.74 Å². The number of nitrogens with zero attached hydrogens (tertiary/aromatic N) is 1. The van der Waals surface area contributed by atoms with Gasteiger partial charge in [-0.1, -0.05) is 6.92 Å². The van der Waals surface area contributed by atoms with Crippen molar-refractivity contribution in [2.24, 2.45) is 0 Å². The minimum atomic E-state index is -0.214. The first-order chi connectivity index (χ1) is 5.61. The Labute approximate surface area is 74.0 Å². The molecule has 0 saturated heterocycles. The average Bonchev–Trinajstić information content (AvgIpc) is 2.00. The van der Waals surface area contributed by atoms with Crippen LogP contribution in [0, 0.1) is 0 Å². The summed E-state index contributed by atoms with van der Waals surface area (Å²) >= 11 is 0. The van der Waals surface area contributed by atoms with Gasteiger partial charge in [-0.05, 0) is 13.3 Å². The van der Waals surface area contributed by atoms with Gasteiger partial charge in [0.25, 0.3) is 0 Å². The van der Waals surface area contributed by atoms with Crippen LogP contribution in [0.3, 0.4) is 0 Å². The highest BCUT2D eigenvalue weighted by atomic mass is 16.5. The van der Waals surface area contributed by atoms with Gasteiger partial charge in [-0.2, -0.15) is 0 Å². The van der Waals surface area contributed by atoms with Gasteiger partial charge in [-0.3, -0.25) is 0 Å². The summed E-state index contributed by atoms with van der Waals surface area (Å²) in [5, 5.41) is 0. The molecule has 3 nitrogen and oxygen atoms in total. The Balaban J connectivity index is 4.23. The number of carbonyl (C=O) groups is 1. The van der Waals surface area contributed by atoms with E-state index in [9.17, 15) is 4.79 Å². The summed E-state index contributed by atoms with van der Waals surface area (Å²) in [5.41, 5.74) is 0.710. The molecule has 0 unspecified atom stereocenters. The zero-order valence-electron chi connectivity index (χ0n) is 8.26. The lowest BCUT2D eigenvalue weighted by atomic mass is 10.2. The van der Waals surface area contributed by atoms with Crippen LogP contribution in [-0.2, 0) is 9.53 Å². The third-order valence-electron chi connectivity index (χ3n) is 1.33. The van der Waals surface area contributed by atoms with Crippen molar-refractivity contribution in [2.45, 2.75) is 20.3 Å². The first-order valence-electron chi connectivity index (χ1n) is 4.16. The van der Waals surface area contributed by atoms with Crippen molar-refractivity contribution >= 4 is 5.97 Å². The number of rotatable bonds is 4. The molecule has 0 atom stereocenters. The lowest BCUT2D eigenvalue weighted by molar-refractivity contribution is -0.138. The molecule has 0 aromatic heterocycles. The number of hydrogen-bond acceptors (Lipinski definition) is 3. The van der Waals surface area contributed by atoms with Crippen LogP contribution >= 0.6 is 0 Å². The van der Waals surface area contributed by atoms with Crippen LogP contribution in [0.1, 0.15) is 20.3 Å². The van der Waals surface area contributed by atoms with Gasteiger partial charge in [0.15, 0.2) is 0 Å². The minimum absolute atomic E-state index is 0.214. The van der Waals surface area contributed by atoms with E-state index in [0.29, 0.717) is 18.6 Å². The maximum atomic E-state index is 11.2. The number of ether oxygens (including phenoxy) is 1. The van der Waals surface area contributed by atoms with Crippen molar-refractivity contribution < 1.29 is 9.53 Å². The van der Waals surface area contributed by atoms with Crippen molar-refractivity contribution in [1.82, 2.24) is 4.90 Å². The van der Waals surface area contributed by atoms with E-state index in [1.54, 1.807) is 13.1 Å². The molecule has 0 aliphatic heterocycles. The van der Waals surface area contributed by atoms with E-state index in [2.05, 4.69) is 0 Å². The Kier molecular flexibility index (Phi) is 5.17. The van der Waals surface area contributed by atoms with Gasteiger partial charge >= 0.3 is 5.97 Å². The molecule has 0 aromatic carbocycles. The summed E-state index contributed by atoms with van der Waals surface area (Å²) in [6.07, 6.45) is 2.50. The van der Waals surface area contributed by atoms with E-state index in [-0.39, 0.29) is 5.97 Å². The molecular weight excluding hydrogens is 154 g/mol. The number of esters is 1. The molecule has 0 saturated carbocycles. The molecule has 0 aliphatic carbocycles. The summed E-state index contributed by atoms with van der Waals surface area (Å²) in [5.74, 6) is -0.214. The van der Waals surface area contributed by atoms with E-state index in [1.165, 1.54) is 0 Å². The minimum Gasteiger partial charge on any atom is -0.463 e. The van der Waals surface area contributed by atoms with Crippen LogP contribution in [-0.4, -0.2) is 31.6 Å². The van der Waals surface area contributed by atoms with Crippen molar-refractivity contribution in [3.8, 4) is 0 Å². The molecule has 3 heteroatoms. The summed E-state index contributed by atoms with van der Waals surface area (Å²) in [4.78, 5) is 13.0. The van der Waals surface area contributed by atoms with Gasteiger partial charge < -0.3 is 9.64 Å². The van der Waals surface area contributed by atoms with Gasteiger partial charge in [0.2, 0.25) is 0 Å². The van der Waals surface area contributed by atoms with Gasteiger partial charge in [0.05, 0.1) is 12.2 Å². The molecule has 0 aliphatic rings. The monoisotopic (exact) mass is 171 g/mol. The number of hydrogen-bond donors (Lipinski definition) is 0. The molecule has 0 heterocycles. The molecular formula is C9H17NO2. The largest absolute Gasteiger partial charge is 0.463 e. The quantitative estimate of drug-likeness (QED) is 0.473. The summed E-state index contributed by atoms with van der Waals surface area (Å²) in [7, 11) is 3.77. The third kappa shape index (κ3) is 4.01. The highest BCUT2D eigenvalue weighted by Gasteiger charge is 2.07. The molecule has 0 radical (unpaired) electrons. The van der Waals surface area contributed by atoms with E-state index >= 15 is 0 Å². The Bertz CT molecular complexity index is 173. The smallest absolute Gasteiger partial charge is 0.335 e. The van der Waals surface area contributed by atoms with Crippen LogP contribution in [0.2, 0.25) is 0 Å². The number of carbonyl (C=O) groups excluding carboxylic acids is 1. The van der Waals surface area contributed by atoms with E-state index in [0.717, 1.165) is 0 Å². The van der Waals surface area contributed by atoms with Crippen molar-refractivity contribution in [2.75, 3.05) is 20.7 Å². The van der Waals surface area contributed by atoms with Crippen LogP contribution in [0.4, 0.5) is 0 Å². The van der Waals surface area contributed by atoms with Crippen LogP contribution < -0.4 is 0 Å². The normalized spacial score (nSPS) is 11.2. The molecule has 0 fully saturated rings. The Morgan fingerprint density at radius 2 is 2.00 bits per heavy atom. The van der Waals surface area contributed by atoms with Crippen LogP contribution in [0.15, 0.2) is 11.8 Å². The second-order valence-electron chi connectivity index (χ2n) is 2.69. The zero-order valence-corrected chi connectivity index (χ0v) is 8.26. The zero-order chi connectivity index (χ0) is 9.56. The molecule has 0 rings (SSSR count). The molecule has 0 bridgehead atoms. The average molecular weight is 171 g/mol. The van der Waals surface area contributed by atoms with E-state index < -0.39 is 0 Å². The summed E-state index contributed by atoms with van der Waals surface area (Å²) in [6.45, 7) is 4.18. The highest BCUT2D eigenvalue weighted by Crippen LogP contribution is 2.03. The molecule has 0 aromatic rings. The molecule has 12 heavy (non-hydrogen) atoms. The standard InChI is InChI=1S/C9H17NO2/c1-5-8(7-10(3)4)9(11)12-6-2/h7H,5-6H2,1-4H3/b8-7-. The first-order valence-corrected chi connectivity index (χ1v) is 4.16. The Hall–Kier alpha value is -0.990. The van der Waals surface area contributed by atoms with Crippen molar-refractivity contribution in [3.05, 3.63) is 11.8 Å². The molecule has 0 N–H and O–H groups in total. The maximum Gasteiger partial charge on any atom is 0.335 e. The maximum absolute atomic E-state index is 11.2. The predicted molar refractivity (Wildman–Crippen MR) is 48.7 cm³/mol. The van der Waals surface area contributed by atoms with Crippen molar-refractivity contribution in [1.29, 1.82) is 0 Å². The van der Waals surface area contributed by atoms with E-state index in [1.807, 2.05) is 25.9 Å².